The molecule has 5 heteroatoms. The number of ether oxygens (including phenoxy) is 2. The Bertz CT molecular complexity index is 450. The Morgan fingerprint density at radius 1 is 1.18 bits per heavy atom. The summed E-state index contributed by atoms with van der Waals surface area (Å²) in [5, 5.41) is 6.00. The third-order valence-electron chi connectivity index (χ3n) is 2.60. The van der Waals surface area contributed by atoms with Crippen molar-refractivity contribution in [2.45, 2.75) is 40.2 Å². The molecule has 1 amide bonds. The highest BCUT2D eigenvalue weighted by molar-refractivity contribution is 5.84. The molecule has 0 spiro atoms. The van der Waals surface area contributed by atoms with Gasteiger partial charge in [-0.05, 0) is 57.5 Å². The van der Waals surface area contributed by atoms with Crippen molar-refractivity contribution in [2.24, 2.45) is 5.92 Å². The predicted molar refractivity (Wildman–Crippen MR) is 89.5 cm³/mol. The van der Waals surface area contributed by atoms with Crippen molar-refractivity contribution < 1.29 is 14.3 Å². The maximum Gasteiger partial charge on any atom is 0.412 e. The van der Waals surface area contributed by atoms with Crippen LogP contribution in [0.15, 0.2) is 24.3 Å². The summed E-state index contributed by atoms with van der Waals surface area (Å²) >= 11 is 0. The Balaban J connectivity index is 2.32. The van der Waals surface area contributed by atoms with Gasteiger partial charge in [-0.1, -0.05) is 13.8 Å². The molecule has 5 nitrogen and oxygen atoms in total. The van der Waals surface area contributed by atoms with Crippen LogP contribution in [-0.4, -0.2) is 31.4 Å². The van der Waals surface area contributed by atoms with Crippen LogP contribution < -0.4 is 15.4 Å². The summed E-state index contributed by atoms with van der Waals surface area (Å²) in [6.45, 7) is 12.3. The van der Waals surface area contributed by atoms with Gasteiger partial charge >= 0.3 is 6.09 Å². The van der Waals surface area contributed by atoms with E-state index in [1.165, 1.54) is 0 Å². The second-order valence-electron chi connectivity index (χ2n) is 6.60. The Hall–Kier alpha value is -1.75. The van der Waals surface area contributed by atoms with E-state index in [0.717, 1.165) is 18.8 Å². The summed E-state index contributed by atoms with van der Waals surface area (Å²) in [5.74, 6) is 1.42. The fourth-order valence-corrected chi connectivity index (χ4v) is 1.69. The third kappa shape index (κ3) is 8.52. The fourth-order valence-electron chi connectivity index (χ4n) is 1.69. The highest BCUT2D eigenvalue weighted by Crippen LogP contribution is 2.16. The van der Waals surface area contributed by atoms with Gasteiger partial charge in [-0.25, -0.2) is 4.79 Å². The average molecular weight is 308 g/mol. The summed E-state index contributed by atoms with van der Waals surface area (Å²) in [7, 11) is 0. The first kappa shape index (κ1) is 18.3. The molecule has 0 saturated heterocycles. The lowest BCUT2D eigenvalue weighted by Gasteiger charge is -2.19. The smallest absolute Gasteiger partial charge is 0.412 e. The Morgan fingerprint density at radius 3 is 2.36 bits per heavy atom. The van der Waals surface area contributed by atoms with Crippen LogP contribution in [0.3, 0.4) is 0 Å². The molecule has 22 heavy (non-hydrogen) atoms. The quantitative estimate of drug-likeness (QED) is 0.755. The zero-order chi connectivity index (χ0) is 16.6. The van der Waals surface area contributed by atoms with E-state index in [2.05, 4.69) is 24.5 Å². The highest BCUT2D eigenvalue weighted by Gasteiger charge is 2.16. The van der Waals surface area contributed by atoms with E-state index >= 15 is 0 Å². The van der Waals surface area contributed by atoms with Crippen LogP contribution in [0.5, 0.6) is 5.75 Å². The SMILES string of the molecule is CC(C)CNCCOc1ccc(NC(=O)OC(C)(C)C)cc1. The summed E-state index contributed by atoms with van der Waals surface area (Å²) < 4.78 is 10.8. The van der Waals surface area contributed by atoms with E-state index < -0.39 is 11.7 Å². The number of hydrogen-bond donors (Lipinski definition) is 2. The molecule has 0 aliphatic rings. The van der Waals surface area contributed by atoms with Crippen LogP contribution in [0.1, 0.15) is 34.6 Å². The van der Waals surface area contributed by atoms with Crippen LogP contribution in [-0.2, 0) is 4.74 Å². The number of anilines is 1. The minimum absolute atomic E-state index is 0.459. The van der Waals surface area contributed by atoms with Crippen molar-refractivity contribution in [1.29, 1.82) is 0 Å². The van der Waals surface area contributed by atoms with Gasteiger partial charge in [-0.2, -0.15) is 0 Å². The van der Waals surface area contributed by atoms with Crippen LogP contribution in [0.2, 0.25) is 0 Å². The molecule has 0 aromatic heterocycles. The van der Waals surface area contributed by atoms with Gasteiger partial charge in [0.25, 0.3) is 0 Å². The standard InChI is InChI=1S/C17H28N2O3/c1-13(2)12-18-10-11-21-15-8-6-14(7-9-15)19-16(20)22-17(3,4)5/h6-9,13,18H,10-12H2,1-5H3,(H,19,20). The number of carbonyl (C=O) groups is 1. The maximum atomic E-state index is 11.6. The number of hydrogen-bond acceptors (Lipinski definition) is 4. The molecule has 0 atom stereocenters. The van der Waals surface area contributed by atoms with Gasteiger partial charge in [0.05, 0.1) is 0 Å². The van der Waals surface area contributed by atoms with Crippen molar-refractivity contribution in [1.82, 2.24) is 5.32 Å². The predicted octanol–water partition coefficient (Wildman–Crippen LogP) is 3.66. The Morgan fingerprint density at radius 2 is 1.82 bits per heavy atom. The second kappa shape index (κ2) is 8.63. The van der Waals surface area contributed by atoms with Crippen LogP contribution >= 0.6 is 0 Å². The van der Waals surface area contributed by atoms with Crippen LogP contribution in [0.25, 0.3) is 0 Å². The summed E-state index contributed by atoms with van der Waals surface area (Å²) in [6, 6.07) is 7.24. The molecule has 0 saturated carbocycles. The van der Waals surface area contributed by atoms with Gasteiger partial charge < -0.3 is 14.8 Å². The molecule has 0 fully saturated rings. The average Bonchev–Trinajstić information content (AvgIpc) is 2.37. The monoisotopic (exact) mass is 308 g/mol. The van der Waals surface area contributed by atoms with Gasteiger partial charge in [0, 0.05) is 12.2 Å². The first-order valence-corrected chi connectivity index (χ1v) is 7.70. The Kier molecular flexibility index (Phi) is 7.18. The fraction of sp³-hybridized carbons (Fsp3) is 0.588. The van der Waals surface area contributed by atoms with Gasteiger partial charge in [0.2, 0.25) is 0 Å². The molecule has 0 heterocycles. The number of amides is 1. The van der Waals surface area contributed by atoms with E-state index in [4.69, 9.17) is 9.47 Å². The van der Waals surface area contributed by atoms with Gasteiger partial charge in [-0.3, -0.25) is 5.32 Å². The topological polar surface area (TPSA) is 59.6 Å². The van der Waals surface area contributed by atoms with Gasteiger partial charge in [0.15, 0.2) is 0 Å². The van der Waals surface area contributed by atoms with Crippen molar-refractivity contribution in [2.75, 3.05) is 25.0 Å². The summed E-state index contributed by atoms with van der Waals surface area (Å²) in [4.78, 5) is 11.6. The molecule has 0 aliphatic heterocycles. The molecule has 124 valence electrons. The molecule has 1 aromatic rings. The van der Waals surface area contributed by atoms with Crippen molar-refractivity contribution in [3.8, 4) is 5.75 Å². The molecular formula is C17H28N2O3. The normalized spacial score (nSPS) is 11.4. The van der Waals surface area contributed by atoms with Crippen molar-refractivity contribution >= 4 is 11.8 Å². The summed E-state index contributed by atoms with van der Waals surface area (Å²) in [5.41, 5.74) is 0.176. The molecular weight excluding hydrogens is 280 g/mol. The minimum Gasteiger partial charge on any atom is -0.492 e. The van der Waals surface area contributed by atoms with E-state index in [1.54, 1.807) is 12.1 Å². The van der Waals surface area contributed by atoms with Crippen LogP contribution in [0, 0.1) is 5.92 Å². The molecule has 0 unspecified atom stereocenters. The first-order chi connectivity index (χ1) is 10.3. The number of carbonyl (C=O) groups excluding carboxylic acids is 1. The molecule has 2 N–H and O–H groups in total. The molecule has 0 aliphatic carbocycles. The number of nitrogens with one attached hydrogen (secondary N) is 2. The van der Waals surface area contributed by atoms with Gasteiger partial charge in [0.1, 0.15) is 18.0 Å². The highest BCUT2D eigenvalue weighted by atomic mass is 16.6. The van der Waals surface area contributed by atoms with Crippen LogP contribution in [0.4, 0.5) is 10.5 Å². The number of benzene rings is 1. The molecule has 0 radical (unpaired) electrons. The van der Waals surface area contributed by atoms with Crippen molar-refractivity contribution in [3.05, 3.63) is 24.3 Å². The maximum absolute atomic E-state index is 11.6. The largest absolute Gasteiger partial charge is 0.492 e. The lowest BCUT2D eigenvalue weighted by atomic mass is 10.2. The van der Waals surface area contributed by atoms with Gasteiger partial charge in [-0.15, -0.1) is 0 Å². The zero-order valence-electron chi connectivity index (χ0n) is 14.2. The molecule has 1 aromatic carbocycles. The Labute approximate surface area is 133 Å². The number of rotatable bonds is 7. The first-order valence-electron chi connectivity index (χ1n) is 7.70. The van der Waals surface area contributed by atoms with E-state index in [0.29, 0.717) is 18.2 Å². The van der Waals surface area contributed by atoms with Crippen molar-refractivity contribution in [3.63, 3.8) is 0 Å². The molecule has 1 rings (SSSR count). The summed E-state index contributed by atoms with van der Waals surface area (Å²) in [6.07, 6.45) is -0.459. The zero-order valence-corrected chi connectivity index (χ0v) is 14.2. The lowest BCUT2D eigenvalue weighted by molar-refractivity contribution is 0.0636. The minimum atomic E-state index is -0.504. The van der Waals surface area contributed by atoms with E-state index in [-0.39, 0.29) is 0 Å². The van der Waals surface area contributed by atoms with E-state index in [9.17, 15) is 4.79 Å². The second-order valence-corrected chi connectivity index (χ2v) is 6.60. The lowest BCUT2D eigenvalue weighted by Crippen LogP contribution is -2.27. The third-order valence-corrected chi connectivity index (χ3v) is 2.60. The molecule has 0 bridgehead atoms. The van der Waals surface area contributed by atoms with E-state index in [1.807, 2.05) is 32.9 Å².